The van der Waals surface area contributed by atoms with Crippen LogP contribution in [0.25, 0.3) is 10.2 Å². The number of esters is 1. The number of carbonyl (C=O) groups is 1. The van der Waals surface area contributed by atoms with Crippen molar-refractivity contribution in [3.63, 3.8) is 0 Å². The summed E-state index contributed by atoms with van der Waals surface area (Å²) in [4.78, 5) is 19.1. The van der Waals surface area contributed by atoms with Crippen LogP contribution >= 0.6 is 11.3 Å². The van der Waals surface area contributed by atoms with E-state index in [0.717, 1.165) is 27.0 Å². The first-order chi connectivity index (χ1) is 10.1. The van der Waals surface area contributed by atoms with Crippen molar-refractivity contribution in [2.75, 3.05) is 7.11 Å². The van der Waals surface area contributed by atoms with Crippen molar-refractivity contribution in [1.29, 1.82) is 0 Å². The number of methoxy groups -OCH3 is 1. The molecule has 0 N–H and O–H groups in total. The van der Waals surface area contributed by atoms with E-state index in [4.69, 9.17) is 9.47 Å². The maximum Gasteiger partial charge on any atom is 0.339 e. The standard InChI is InChI=1S/C17H23NO3S/c1-9-8-12-10(2)13(11(3)18-15(12)22-9)14(16(19)20-7)21-17(4,5)6/h8,14H,1-7H3/t14-/m0/s1. The maximum atomic E-state index is 12.3. The SMILES string of the molecule is COC(=O)[C@@H](OC(C)(C)C)c1c(C)nc2sc(C)cc2c1C. The summed E-state index contributed by atoms with van der Waals surface area (Å²) in [6, 6.07) is 2.11. The summed E-state index contributed by atoms with van der Waals surface area (Å²) in [6.07, 6.45) is -0.762. The second-order valence-corrected chi connectivity index (χ2v) is 7.68. The lowest BCUT2D eigenvalue weighted by atomic mass is 9.98. The van der Waals surface area contributed by atoms with Crippen LogP contribution in [0.1, 0.15) is 48.6 Å². The van der Waals surface area contributed by atoms with Crippen LogP contribution in [0.4, 0.5) is 0 Å². The van der Waals surface area contributed by atoms with Crippen LogP contribution in [-0.2, 0) is 14.3 Å². The summed E-state index contributed by atoms with van der Waals surface area (Å²) in [5.41, 5.74) is 2.20. The van der Waals surface area contributed by atoms with Crippen LogP contribution in [0.3, 0.4) is 0 Å². The lowest BCUT2D eigenvalue weighted by Gasteiger charge is -2.28. The van der Waals surface area contributed by atoms with Crippen molar-refractivity contribution >= 4 is 27.5 Å². The molecule has 0 saturated carbocycles. The van der Waals surface area contributed by atoms with E-state index in [9.17, 15) is 4.79 Å². The van der Waals surface area contributed by atoms with Gasteiger partial charge in [0.25, 0.3) is 0 Å². The highest BCUT2D eigenvalue weighted by atomic mass is 32.1. The summed E-state index contributed by atoms with van der Waals surface area (Å²) in [5, 5.41) is 1.08. The second-order valence-electron chi connectivity index (χ2n) is 6.45. The fraction of sp³-hybridized carbons (Fsp3) is 0.529. The minimum absolute atomic E-state index is 0.394. The molecule has 0 aliphatic heterocycles. The van der Waals surface area contributed by atoms with Gasteiger partial charge in [-0.15, -0.1) is 11.3 Å². The summed E-state index contributed by atoms with van der Waals surface area (Å²) >= 11 is 1.66. The van der Waals surface area contributed by atoms with E-state index in [1.54, 1.807) is 11.3 Å². The van der Waals surface area contributed by atoms with E-state index in [-0.39, 0.29) is 0 Å². The van der Waals surface area contributed by atoms with Gasteiger partial charge < -0.3 is 9.47 Å². The molecule has 2 heterocycles. The third-order valence-electron chi connectivity index (χ3n) is 3.45. The fourth-order valence-corrected chi connectivity index (χ4v) is 3.54. The zero-order chi connectivity index (χ0) is 16.7. The van der Waals surface area contributed by atoms with Gasteiger partial charge in [-0.1, -0.05) is 0 Å². The van der Waals surface area contributed by atoms with E-state index in [1.165, 1.54) is 12.0 Å². The van der Waals surface area contributed by atoms with Crippen molar-refractivity contribution in [3.05, 3.63) is 27.8 Å². The van der Waals surface area contributed by atoms with Gasteiger partial charge >= 0.3 is 5.97 Å². The first kappa shape index (κ1) is 16.9. The molecule has 1 atom stereocenters. The molecule has 5 heteroatoms. The Kier molecular flexibility index (Phi) is 4.59. The van der Waals surface area contributed by atoms with Gasteiger partial charge in [0, 0.05) is 21.5 Å². The third kappa shape index (κ3) is 3.31. The fourth-order valence-electron chi connectivity index (χ4n) is 2.55. The molecule has 2 rings (SSSR count). The number of thiophene rings is 1. The van der Waals surface area contributed by atoms with Crippen molar-refractivity contribution in [3.8, 4) is 0 Å². The second kappa shape index (κ2) is 5.97. The van der Waals surface area contributed by atoms with Gasteiger partial charge in [0.1, 0.15) is 4.83 Å². The lowest BCUT2D eigenvalue weighted by molar-refractivity contribution is -0.164. The minimum Gasteiger partial charge on any atom is -0.467 e. The number of ether oxygens (including phenoxy) is 2. The predicted octanol–water partition coefficient (Wildman–Crippen LogP) is 4.25. The van der Waals surface area contributed by atoms with Crippen molar-refractivity contribution in [2.45, 2.75) is 53.2 Å². The molecule has 120 valence electrons. The van der Waals surface area contributed by atoms with Crippen LogP contribution < -0.4 is 0 Å². The van der Waals surface area contributed by atoms with E-state index >= 15 is 0 Å². The van der Waals surface area contributed by atoms with Crippen LogP contribution in [0.5, 0.6) is 0 Å². The molecule has 0 saturated heterocycles. The third-order valence-corrected chi connectivity index (χ3v) is 4.40. The first-order valence-electron chi connectivity index (χ1n) is 7.27. The molecule has 22 heavy (non-hydrogen) atoms. The molecule has 0 aliphatic carbocycles. The number of hydrogen-bond acceptors (Lipinski definition) is 5. The average molecular weight is 321 g/mol. The summed E-state index contributed by atoms with van der Waals surface area (Å²) in [5.74, 6) is -0.394. The van der Waals surface area contributed by atoms with Gasteiger partial charge in [-0.05, 0) is 53.2 Å². The first-order valence-corrected chi connectivity index (χ1v) is 8.08. The molecular weight excluding hydrogens is 298 g/mol. The zero-order valence-corrected chi connectivity index (χ0v) is 15.1. The van der Waals surface area contributed by atoms with E-state index in [2.05, 4.69) is 18.0 Å². The molecule has 0 amide bonds. The number of rotatable bonds is 3. The number of pyridine rings is 1. The average Bonchev–Trinajstić information content (AvgIpc) is 2.76. The monoisotopic (exact) mass is 321 g/mol. The van der Waals surface area contributed by atoms with Crippen molar-refractivity contribution in [2.24, 2.45) is 0 Å². The van der Waals surface area contributed by atoms with E-state index in [0.29, 0.717) is 0 Å². The molecule has 4 nitrogen and oxygen atoms in total. The van der Waals surface area contributed by atoms with Gasteiger partial charge in [0.2, 0.25) is 0 Å². The summed E-state index contributed by atoms with van der Waals surface area (Å²) < 4.78 is 10.9. The largest absolute Gasteiger partial charge is 0.467 e. The number of hydrogen-bond donors (Lipinski definition) is 0. The Morgan fingerprint density at radius 3 is 2.45 bits per heavy atom. The lowest BCUT2D eigenvalue weighted by Crippen LogP contribution is -2.29. The molecule has 0 spiro atoms. The maximum absolute atomic E-state index is 12.3. The Morgan fingerprint density at radius 2 is 1.91 bits per heavy atom. The molecular formula is C17H23NO3S. The van der Waals surface area contributed by atoms with Crippen LogP contribution in [0.2, 0.25) is 0 Å². The Morgan fingerprint density at radius 1 is 1.27 bits per heavy atom. The number of aromatic nitrogens is 1. The summed E-state index contributed by atoms with van der Waals surface area (Å²) in [6.45, 7) is 11.8. The van der Waals surface area contributed by atoms with Gasteiger partial charge in [-0.2, -0.15) is 0 Å². The number of aryl methyl sites for hydroxylation is 3. The number of carbonyl (C=O) groups excluding carboxylic acids is 1. The Balaban J connectivity index is 2.64. The summed E-state index contributed by atoms with van der Waals surface area (Å²) in [7, 11) is 1.38. The molecule has 2 aromatic heterocycles. The normalized spacial score (nSPS) is 13.4. The molecule has 2 aromatic rings. The zero-order valence-electron chi connectivity index (χ0n) is 14.2. The minimum atomic E-state index is -0.762. The van der Waals surface area contributed by atoms with Crippen molar-refractivity contribution < 1.29 is 14.3 Å². The molecule has 0 radical (unpaired) electrons. The molecule has 0 unspecified atom stereocenters. The molecule has 0 aromatic carbocycles. The number of nitrogens with zero attached hydrogens (tertiary/aromatic N) is 1. The molecule has 0 bridgehead atoms. The topological polar surface area (TPSA) is 48.4 Å². The molecule has 0 fully saturated rings. The Hall–Kier alpha value is -1.46. The number of fused-ring (bicyclic) bond motifs is 1. The van der Waals surface area contributed by atoms with Gasteiger partial charge in [-0.25, -0.2) is 9.78 Å². The highest BCUT2D eigenvalue weighted by Crippen LogP contribution is 2.35. The highest BCUT2D eigenvalue weighted by molar-refractivity contribution is 7.18. The van der Waals surface area contributed by atoms with Gasteiger partial charge in [0.05, 0.1) is 12.7 Å². The van der Waals surface area contributed by atoms with Crippen LogP contribution in [0, 0.1) is 20.8 Å². The van der Waals surface area contributed by atoms with E-state index in [1.807, 2.05) is 34.6 Å². The van der Waals surface area contributed by atoms with E-state index < -0.39 is 17.7 Å². The van der Waals surface area contributed by atoms with Gasteiger partial charge in [0.15, 0.2) is 6.10 Å². The smallest absolute Gasteiger partial charge is 0.339 e. The van der Waals surface area contributed by atoms with Crippen molar-refractivity contribution in [1.82, 2.24) is 4.98 Å². The Labute approximate surface area is 135 Å². The van der Waals surface area contributed by atoms with Crippen LogP contribution in [0.15, 0.2) is 6.07 Å². The predicted molar refractivity (Wildman–Crippen MR) is 89.4 cm³/mol. The quantitative estimate of drug-likeness (QED) is 0.793. The van der Waals surface area contributed by atoms with Gasteiger partial charge in [-0.3, -0.25) is 0 Å². The Bertz CT molecular complexity index is 713. The highest BCUT2D eigenvalue weighted by Gasteiger charge is 2.31. The molecule has 0 aliphatic rings. The van der Waals surface area contributed by atoms with Crippen LogP contribution in [-0.4, -0.2) is 23.7 Å².